The first-order chi connectivity index (χ1) is 14.5. The Kier molecular flexibility index (Phi) is 6.87. The third-order valence-corrected chi connectivity index (χ3v) is 3.83. The van der Waals surface area contributed by atoms with Gasteiger partial charge in [0, 0.05) is 19.2 Å². The fourth-order valence-electron chi connectivity index (χ4n) is 2.34. The third kappa shape index (κ3) is 5.74. The molecule has 10 nitrogen and oxygen atoms in total. The Hall–Kier alpha value is -4.02. The molecule has 11 heteroatoms. The lowest BCUT2D eigenvalue weighted by Gasteiger charge is -2.09. The summed E-state index contributed by atoms with van der Waals surface area (Å²) in [7, 11) is 1.49. The van der Waals surface area contributed by atoms with E-state index in [9.17, 15) is 9.18 Å². The second-order valence-corrected chi connectivity index (χ2v) is 5.88. The first-order valence-corrected chi connectivity index (χ1v) is 8.83. The van der Waals surface area contributed by atoms with E-state index in [0.29, 0.717) is 17.1 Å². The molecule has 0 fully saturated rings. The summed E-state index contributed by atoms with van der Waals surface area (Å²) < 4.78 is 29.5. The van der Waals surface area contributed by atoms with Gasteiger partial charge >= 0.3 is 0 Å². The zero-order chi connectivity index (χ0) is 21.3. The Bertz CT molecular complexity index is 1010. The molecular formula is C19H19FN6O4. The molecule has 3 aromatic rings. The van der Waals surface area contributed by atoms with Gasteiger partial charge in [-0.3, -0.25) is 4.79 Å². The summed E-state index contributed by atoms with van der Waals surface area (Å²) in [6, 6.07) is 4.23. The molecule has 0 saturated carbocycles. The number of benzene rings is 1. The summed E-state index contributed by atoms with van der Waals surface area (Å²) in [6.07, 6.45) is 5.76. The summed E-state index contributed by atoms with van der Waals surface area (Å²) in [4.78, 5) is 28.0. The van der Waals surface area contributed by atoms with Gasteiger partial charge in [-0.2, -0.15) is 0 Å². The smallest absolute Gasteiger partial charge is 0.281 e. The molecule has 0 bridgehead atoms. The van der Waals surface area contributed by atoms with Crippen molar-refractivity contribution in [3.05, 3.63) is 66.0 Å². The van der Waals surface area contributed by atoms with Crippen LogP contribution in [0.25, 0.3) is 0 Å². The van der Waals surface area contributed by atoms with Gasteiger partial charge in [0.2, 0.25) is 11.8 Å². The zero-order valence-corrected chi connectivity index (χ0v) is 16.0. The minimum absolute atomic E-state index is 0.0197. The number of carbonyl (C=O) groups is 1. The van der Waals surface area contributed by atoms with Crippen molar-refractivity contribution < 1.29 is 23.1 Å². The number of carbonyl (C=O) groups excluding carboxylic acids is 1. The average molecular weight is 414 g/mol. The Labute approximate surface area is 171 Å². The summed E-state index contributed by atoms with van der Waals surface area (Å²) >= 11 is 0. The van der Waals surface area contributed by atoms with Crippen LogP contribution in [0.1, 0.15) is 21.9 Å². The second-order valence-electron chi connectivity index (χ2n) is 5.88. The maximum Gasteiger partial charge on any atom is 0.281 e. The number of ether oxygens (including phenoxy) is 2. The highest BCUT2D eigenvalue weighted by molar-refractivity contribution is 6.02. The molecule has 30 heavy (non-hydrogen) atoms. The van der Waals surface area contributed by atoms with E-state index in [1.54, 1.807) is 0 Å². The van der Waals surface area contributed by atoms with E-state index < -0.39 is 11.7 Å². The molecule has 0 unspecified atom stereocenters. The van der Waals surface area contributed by atoms with Crippen LogP contribution < -0.4 is 15.8 Å². The van der Waals surface area contributed by atoms with Gasteiger partial charge in [-0.05, 0) is 23.8 Å². The van der Waals surface area contributed by atoms with Crippen molar-refractivity contribution in [3.63, 3.8) is 0 Å². The molecule has 0 aliphatic heterocycles. The fraction of sp³-hybridized carbons (Fsp3) is 0.211. The standard InChI is InChI=1S/C19H19FN6O4/c1-22-19(21)29-6-4-12-8-13(2-3-14(12)20)26-18(27)15-9-25-16(10-24-15)30-11-17-23-5-7-28-17/h2-3,5,7-10H,4,6,11H2,1H3,(H2,21,22)(H,26,27). The van der Waals surface area contributed by atoms with Gasteiger partial charge in [0.1, 0.15) is 17.8 Å². The van der Waals surface area contributed by atoms with Crippen LogP contribution in [0.3, 0.4) is 0 Å². The van der Waals surface area contributed by atoms with Gasteiger partial charge < -0.3 is 24.9 Å². The van der Waals surface area contributed by atoms with Crippen LogP contribution in [0, 0.1) is 5.82 Å². The number of amidine groups is 1. The monoisotopic (exact) mass is 414 g/mol. The maximum absolute atomic E-state index is 14.0. The van der Waals surface area contributed by atoms with E-state index in [1.807, 2.05) is 0 Å². The number of nitrogens with one attached hydrogen (secondary N) is 1. The van der Waals surface area contributed by atoms with Crippen molar-refractivity contribution in [2.75, 3.05) is 19.0 Å². The predicted octanol–water partition coefficient (Wildman–Crippen LogP) is 1.94. The first-order valence-electron chi connectivity index (χ1n) is 8.83. The number of nitrogens with two attached hydrogens (primary N) is 1. The van der Waals surface area contributed by atoms with Crippen molar-refractivity contribution >= 4 is 17.6 Å². The topological polar surface area (TPSA) is 138 Å². The van der Waals surface area contributed by atoms with E-state index in [4.69, 9.17) is 19.6 Å². The lowest BCUT2D eigenvalue weighted by atomic mass is 10.1. The Morgan fingerprint density at radius 2 is 2.17 bits per heavy atom. The number of aliphatic imine (C=N–C) groups is 1. The van der Waals surface area contributed by atoms with Crippen LogP contribution in [0.15, 0.2) is 52.5 Å². The minimum atomic E-state index is -0.502. The van der Waals surface area contributed by atoms with Crippen molar-refractivity contribution in [1.82, 2.24) is 15.0 Å². The van der Waals surface area contributed by atoms with Crippen LogP contribution in [-0.2, 0) is 17.8 Å². The largest absolute Gasteiger partial charge is 0.467 e. The number of oxazole rings is 1. The molecule has 0 atom stereocenters. The fourth-order valence-corrected chi connectivity index (χ4v) is 2.34. The number of aromatic nitrogens is 3. The number of hydrogen-bond donors (Lipinski definition) is 2. The van der Waals surface area contributed by atoms with Crippen LogP contribution in [0.2, 0.25) is 0 Å². The molecule has 0 spiro atoms. The molecule has 1 amide bonds. The van der Waals surface area contributed by atoms with Crippen LogP contribution in [0.5, 0.6) is 5.88 Å². The maximum atomic E-state index is 14.0. The summed E-state index contributed by atoms with van der Waals surface area (Å²) in [5, 5.41) is 2.65. The van der Waals surface area contributed by atoms with Gasteiger partial charge in [-0.15, -0.1) is 0 Å². The third-order valence-electron chi connectivity index (χ3n) is 3.83. The molecule has 2 aromatic heterocycles. The summed E-state index contributed by atoms with van der Waals surface area (Å²) in [5.41, 5.74) is 6.27. The van der Waals surface area contributed by atoms with Gasteiger partial charge in [-0.25, -0.2) is 24.3 Å². The summed E-state index contributed by atoms with van der Waals surface area (Å²) in [6.45, 7) is 0.239. The minimum Gasteiger partial charge on any atom is -0.467 e. The Morgan fingerprint density at radius 1 is 1.30 bits per heavy atom. The van der Waals surface area contributed by atoms with E-state index in [2.05, 4.69) is 25.3 Å². The van der Waals surface area contributed by atoms with E-state index >= 15 is 0 Å². The molecule has 3 N–H and O–H groups in total. The number of halogens is 1. The van der Waals surface area contributed by atoms with E-state index in [-0.39, 0.29) is 37.2 Å². The predicted molar refractivity (Wildman–Crippen MR) is 104 cm³/mol. The number of anilines is 1. The molecule has 0 saturated heterocycles. The molecule has 0 radical (unpaired) electrons. The quantitative estimate of drug-likeness (QED) is 0.421. The number of hydrogen-bond acceptors (Lipinski definition) is 8. The molecule has 0 aliphatic carbocycles. The number of rotatable bonds is 8. The molecule has 3 rings (SSSR count). The second kappa shape index (κ2) is 9.96. The van der Waals surface area contributed by atoms with Crippen molar-refractivity contribution in [3.8, 4) is 5.88 Å². The molecule has 2 heterocycles. The zero-order valence-electron chi connectivity index (χ0n) is 16.0. The Balaban J connectivity index is 1.57. The molecule has 0 aliphatic rings. The van der Waals surface area contributed by atoms with Crippen LogP contribution in [0.4, 0.5) is 10.1 Å². The van der Waals surface area contributed by atoms with Crippen LogP contribution in [-0.4, -0.2) is 40.5 Å². The van der Waals surface area contributed by atoms with Gasteiger partial charge in [-0.1, -0.05) is 0 Å². The highest BCUT2D eigenvalue weighted by Crippen LogP contribution is 2.17. The van der Waals surface area contributed by atoms with Gasteiger partial charge in [0.05, 0.1) is 25.2 Å². The lowest BCUT2D eigenvalue weighted by Crippen LogP contribution is -2.18. The lowest BCUT2D eigenvalue weighted by molar-refractivity contribution is 0.102. The van der Waals surface area contributed by atoms with Crippen molar-refractivity contribution in [2.45, 2.75) is 13.0 Å². The number of nitrogens with zero attached hydrogens (tertiary/aromatic N) is 4. The van der Waals surface area contributed by atoms with Crippen molar-refractivity contribution in [1.29, 1.82) is 0 Å². The van der Waals surface area contributed by atoms with Crippen molar-refractivity contribution in [2.24, 2.45) is 10.7 Å². The normalized spacial score (nSPS) is 11.2. The molecular weight excluding hydrogens is 395 g/mol. The van der Waals surface area contributed by atoms with Crippen LogP contribution >= 0.6 is 0 Å². The summed E-state index contributed by atoms with van der Waals surface area (Å²) in [5.74, 6) is -0.321. The average Bonchev–Trinajstić information content (AvgIpc) is 3.28. The highest BCUT2D eigenvalue weighted by Gasteiger charge is 2.11. The molecule has 156 valence electrons. The molecule has 1 aromatic carbocycles. The van der Waals surface area contributed by atoms with Gasteiger partial charge in [0.15, 0.2) is 6.61 Å². The first kappa shape index (κ1) is 20.7. The van der Waals surface area contributed by atoms with Gasteiger partial charge in [0.25, 0.3) is 11.9 Å². The Morgan fingerprint density at radius 3 is 2.87 bits per heavy atom. The highest BCUT2D eigenvalue weighted by atomic mass is 19.1. The SMILES string of the molecule is CN=C(N)OCCc1cc(NC(=O)c2cnc(OCc3ncco3)cn2)ccc1F. The van der Waals surface area contributed by atoms with E-state index in [1.165, 1.54) is 50.1 Å². The number of amides is 1. The van der Waals surface area contributed by atoms with E-state index in [0.717, 1.165) is 0 Å².